The van der Waals surface area contributed by atoms with Crippen LogP contribution in [-0.4, -0.2) is 86.3 Å². The fourth-order valence-corrected chi connectivity index (χ4v) is 4.30. The Morgan fingerprint density at radius 2 is 2.03 bits per heavy atom. The Morgan fingerprint density at radius 1 is 1.21 bits per heavy atom. The molecule has 0 saturated carbocycles. The minimum absolute atomic E-state index is 0.0512. The third kappa shape index (κ3) is 3.98. The first-order valence-electron chi connectivity index (χ1n) is 11.4. The summed E-state index contributed by atoms with van der Waals surface area (Å²) >= 11 is 0. The minimum atomic E-state index is -1.33. The largest absolute Gasteiger partial charge is 0.390 e. The van der Waals surface area contributed by atoms with E-state index in [-0.39, 0.29) is 18.6 Å². The van der Waals surface area contributed by atoms with Gasteiger partial charge in [-0.2, -0.15) is 10.1 Å². The first kappa shape index (κ1) is 22.3. The summed E-state index contributed by atoms with van der Waals surface area (Å²) < 4.78 is 15.8. The molecule has 0 radical (unpaired) electrons. The van der Waals surface area contributed by atoms with E-state index < -0.39 is 12.3 Å². The predicted molar refractivity (Wildman–Crippen MR) is 126 cm³/mol. The van der Waals surface area contributed by atoms with Crippen molar-refractivity contribution in [1.29, 1.82) is 0 Å². The number of likely N-dealkylation sites (N-methyl/N-ethyl adjacent to an activating group) is 1. The van der Waals surface area contributed by atoms with Gasteiger partial charge in [-0.05, 0) is 26.3 Å². The molecular formula is C22H28FN9O2. The number of carbonyl (C=O) groups is 1. The summed E-state index contributed by atoms with van der Waals surface area (Å²) in [5.74, 6) is 2.08. The van der Waals surface area contributed by atoms with Crippen LogP contribution in [0.25, 0.3) is 10.9 Å². The van der Waals surface area contributed by atoms with Gasteiger partial charge < -0.3 is 20.2 Å². The maximum Gasteiger partial charge on any atom is 0.325 e. The number of pyridine rings is 1. The van der Waals surface area contributed by atoms with Crippen LogP contribution in [0.4, 0.5) is 32.6 Å². The van der Waals surface area contributed by atoms with Gasteiger partial charge in [0.25, 0.3) is 0 Å². The number of hydrogen-bond acceptors (Lipinski definition) is 8. The zero-order valence-electron chi connectivity index (χ0n) is 19.4. The molecule has 0 spiro atoms. The quantitative estimate of drug-likeness (QED) is 0.585. The molecule has 180 valence electrons. The number of alkyl halides is 1. The van der Waals surface area contributed by atoms with E-state index in [0.717, 1.165) is 10.9 Å². The molecule has 0 aliphatic carbocycles. The number of carbonyl (C=O) groups excluding carboxylic acids is 1. The lowest BCUT2D eigenvalue weighted by atomic mass is 10.1. The van der Waals surface area contributed by atoms with Gasteiger partial charge in [-0.1, -0.05) is 0 Å². The Morgan fingerprint density at radius 3 is 2.74 bits per heavy atom. The van der Waals surface area contributed by atoms with E-state index >= 15 is 0 Å². The van der Waals surface area contributed by atoms with Crippen molar-refractivity contribution in [1.82, 2.24) is 29.6 Å². The van der Waals surface area contributed by atoms with E-state index in [1.165, 1.54) is 0 Å². The SMILES string of the molecule is CC(C)n1nc(N2CCN(C)C2=O)c2cnc(Nc3ccnc(N4CCC(O)C(F)C4)n3)cc21. The highest BCUT2D eigenvalue weighted by molar-refractivity contribution is 6.02. The van der Waals surface area contributed by atoms with Crippen molar-refractivity contribution in [3.05, 3.63) is 24.5 Å². The molecule has 3 aromatic heterocycles. The number of aromatic nitrogens is 5. The topological polar surface area (TPSA) is 116 Å². The number of hydrogen-bond donors (Lipinski definition) is 2. The van der Waals surface area contributed by atoms with E-state index in [4.69, 9.17) is 5.10 Å². The molecule has 0 bridgehead atoms. The second-order valence-corrected chi connectivity index (χ2v) is 8.99. The second kappa shape index (κ2) is 8.67. The number of urea groups is 1. The number of nitrogens with zero attached hydrogens (tertiary/aromatic N) is 8. The summed E-state index contributed by atoms with van der Waals surface area (Å²) in [7, 11) is 1.78. The van der Waals surface area contributed by atoms with Crippen LogP contribution >= 0.6 is 0 Å². The molecule has 5 rings (SSSR count). The number of amides is 2. The molecule has 11 nitrogen and oxygen atoms in total. The van der Waals surface area contributed by atoms with Gasteiger partial charge >= 0.3 is 6.03 Å². The second-order valence-electron chi connectivity index (χ2n) is 8.99. The van der Waals surface area contributed by atoms with Crippen molar-refractivity contribution in [3.8, 4) is 0 Å². The van der Waals surface area contributed by atoms with E-state index in [9.17, 15) is 14.3 Å². The molecule has 34 heavy (non-hydrogen) atoms. The first-order chi connectivity index (χ1) is 16.3. The first-order valence-corrected chi connectivity index (χ1v) is 11.4. The Kier molecular flexibility index (Phi) is 5.68. The van der Waals surface area contributed by atoms with Gasteiger partial charge in [0.05, 0.1) is 23.6 Å². The molecule has 3 aromatic rings. The molecule has 2 aliphatic rings. The summed E-state index contributed by atoms with van der Waals surface area (Å²) in [6.45, 7) is 5.83. The Balaban J connectivity index is 1.43. The summed E-state index contributed by atoms with van der Waals surface area (Å²) in [4.78, 5) is 30.9. The van der Waals surface area contributed by atoms with Gasteiger partial charge in [-0.3, -0.25) is 9.58 Å². The standard InChI is InChI=1S/C22H28FN9O2/c1-13(2)32-16-10-19(25-11-14(16)20(28-32)31-9-8-29(3)22(31)34)26-18-4-6-24-21(27-18)30-7-5-17(33)15(23)12-30/h4,6,10-11,13,15,17,33H,5,7-9,12H2,1-3H3,(H,24,25,26,27). The fraction of sp³-hybridized carbons (Fsp3) is 0.500. The molecule has 2 fully saturated rings. The van der Waals surface area contributed by atoms with Crippen molar-refractivity contribution in [2.75, 3.05) is 48.3 Å². The van der Waals surface area contributed by atoms with Gasteiger partial charge in [0, 0.05) is 51.2 Å². The molecule has 5 heterocycles. The normalized spacial score (nSPS) is 21.2. The van der Waals surface area contributed by atoms with Crippen LogP contribution in [-0.2, 0) is 0 Å². The third-order valence-corrected chi connectivity index (χ3v) is 6.22. The van der Waals surface area contributed by atoms with Gasteiger partial charge in [-0.25, -0.2) is 19.2 Å². The summed E-state index contributed by atoms with van der Waals surface area (Å²) in [6.07, 6.45) is 1.38. The number of piperidine rings is 1. The van der Waals surface area contributed by atoms with E-state index in [2.05, 4.69) is 20.3 Å². The third-order valence-electron chi connectivity index (χ3n) is 6.22. The highest BCUT2D eigenvalue weighted by Crippen LogP contribution is 2.32. The number of anilines is 4. The van der Waals surface area contributed by atoms with Crippen molar-refractivity contribution >= 4 is 40.3 Å². The molecule has 2 unspecified atom stereocenters. The summed E-state index contributed by atoms with van der Waals surface area (Å²) in [5, 5.41) is 18.4. The van der Waals surface area contributed by atoms with Crippen LogP contribution in [0.1, 0.15) is 26.3 Å². The predicted octanol–water partition coefficient (Wildman–Crippen LogP) is 2.33. The minimum Gasteiger partial charge on any atom is -0.390 e. The zero-order valence-corrected chi connectivity index (χ0v) is 19.4. The molecule has 0 aromatic carbocycles. The van der Waals surface area contributed by atoms with Gasteiger partial charge in [0.1, 0.15) is 17.8 Å². The molecule has 2 atom stereocenters. The number of aliphatic hydroxyl groups excluding tert-OH is 1. The van der Waals surface area contributed by atoms with Crippen LogP contribution in [0.3, 0.4) is 0 Å². The maximum absolute atomic E-state index is 14.0. The van der Waals surface area contributed by atoms with E-state index in [1.807, 2.05) is 24.6 Å². The monoisotopic (exact) mass is 469 g/mol. The number of rotatable bonds is 5. The molecule has 12 heteroatoms. The van der Waals surface area contributed by atoms with Gasteiger partial charge in [0.2, 0.25) is 5.95 Å². The number of aliphatic hydroxyl groups is 1. The smallest absolute Gasteiger partial charge is 0.325 e. The van der Waals surface area contributed by atoms with E-state index in [1.54, 1.807) is 40.2 Å². The Labute approximate surface area is 196 Å². The average Bonchev–Trinajstić information content (AvgIpc) is 3.35. The molecule has 2 saturated heterocycles. The van der Waals surface area contributed by atoms with Crippen molar-refractivity contribution in [3.63, 3.8) is 0 Å². The summed E-state index contributed by atoms with van der Waals surface area (Å²) in [6, 6.07) is 3.60. The lowest BCUT2D eigenvalue weighted by Crippen LogP contribution is -2.45. The van der Waals surface area contributed by atoms with Crippen molar-refractivity contribution in [2.24, 2.45) is 0 Å². The zero-order chi connectivity index (χ0) is 24.0. The van der Waals surface area contributed by atoms with Crippen molar-refractivity contribution in [2.45, 2.75) is 38.6 Å². The van der Waals surface area contributed by atoms with Crippen molar-refractivity contribution < 1.29 is 14.3 Å². The molecular weight excluding hydrogens is 441 g/mol. The number of halogens is 1. The number of fused-ring (bicyclic) bond motifs is 1. The fourth-order valence-electron chi connectivity index (χ4n) is 4.30. The van der Waals surface area contributed by atoms with Crippen LogP contribution in [0, 0.1) is 0 Å². The Hall–Kier alpha value is -3.54. The lowest BCUT2D eigenvalue weighted by Gasteiger charge is -2.32. The van der Waals surface area contributed by atoms with E-state index in [0.29, 0.717) is 49.5 Å². The van der Waals surface area contributed by atoms with Crippen LogP contribution in [0.2, 0.25) is 0 Å². The van der Waals surface area contributed by atoms with Crippen LogP contribution < -0.4 is 15.1 Å². The average molecular weight is 470 g/mol. The maximum atomic E-state index is 14.0. The highest BCUT2D eigenvalue weighted by Gasteiger charge is 2.31. The highest BCUT2D eigenvalue weighted by atomic mass is 19.1. The van der Waals surface area contributed by atoms with Crippen LogP contribution in [0.5, 0.6) is 0 Å². The summed E-state index contributed by atoms with van der Waals surface area (Å²) in [5.41, 5.74) is 0.851. The molecule has 2 aliphatic heterocycles. The van der Waals surface area contributed by atoms with Gasteiger partial charge in [-0.15, -0.1) is 0 Å². The lowest BCUT2D eigenvalue weighted by molar-refractivity contribution is 0.0612. The molecule has 2 N–H and O–H groups in total. The van der Waals surface area contributed by atoms with Crippen LogP contribution in [0.15, 0.2) is 24.5 Å². The Bertz CT molecular complexity index is 1220. The number of nitrogens with one attached hydrogen (secondary N) is 1. The van der Waals surface area contributed by atoms with Gasteiger partial charge in [0.15, 0.2) is 5.82 Å². The molecule has 2 amide bonds.